The van der Waals surface area contributed by atoms with Gasteiger partial charge in [0.15, 0.2) is 8.32 Å². The highest BCUT2D eigenvalue weighted by Crippen LogP contribution is 2.36. The van der Waals surface area contributed by atoms with Crippen LogP contribution in [0.15, 0.2) is 0 Å². The molecule has 0 saturated carbocycles. The van der Waals surface area contributed by atoms with E-state index in [1.165, 1.54) is 0 Å². The Kier molecular flexibility index (Phi) is 6.06. The van der Waals surface area contributed by atoms with E-state index in [-0.39, 0.29) is 11.5 Å². The summed E-state index contributed by atoms with van der Waals surface area (Å²) >= 11 is 0. The van der Waals surface area contributed by atoms with Crippen LogP contribution in [-0.2, 0) is 9.22 Å². The SMILES string of the molecule is CC(C)(C)[Si](C)(C)OCCCCC(=O)C(F)(F)F. The van der Waals surface area contributed by atoms with Crippen LogP contribution in [0.4, 0.5) is 13.2 Å². The van der Waals surface area contributed by atoms with Crippen molar-refractivity contribution >= 4 is 14.1 Å². The van der Waals surface area contributed by atoms with E-state index < -0.39 is 26.7 Å². The zero-order chi connectivity index (χ0) is 14.6. The van der Waals surface area contributed by atoms with Gasteiger partial charge in [-0.1, -0.05) is 20.8 Å². The lowest BCUT2D eigenvalue weighted by molar-refractivity contribution is -0.171. The molecule has 0 bridgehead atoms. The Hall–Kier alpha value is -0.363. The molecule has 0 atom stereocenters. The van der Waals surface area contributed by atoms with Crippen molar-refractivity contribution in [3.63, 3.8) is 0 Å². The van der Waals surface area contributed by atoms with Gasteiger partial charge in [0.2, 0.25) is 5.78 Å². The van der Waals surface area contributed by atoms with Crippen LogP contribution in [0.3, 0.4) is 0 Å². The van der Waals surface area contributed by atoms with Gasteiger partial charge in [0.25, 0.3) is 0 Å². The average molecular weight is 284 g/mol. The molecule has 0 aromatic carbocycles. The minimum atomic E-state index is -4.69. The third kappa shape index (κ3) is 6.00. The number of alkyl halides is 3. The molecule has 2 nitrogen and oxygen atoms in total. The average Bonchev–Trinajstić information content (AvgIpc) is 2.13. The van der Waals surface area contributed by atoms with Crippen molar-refractivity contribution < 1.29 is 22.4 Å². The highest BCUT2D eigenvalue weighted by atomic mass is 28.4. The lowest BCUT2D eigenvalue weighted by Crippen LogP contribution is -2.41. The first kappa shape index (κ1) is 17.6. The summed E-state index contributed by atoms with van der Waals surface area (Å²) in [6.07, 6.45) is -4.41. The second-order valence-electron chi connectivity index (χ2n) is 5.99. The molecule has 0 radical (unpaired) electrons. The quantitative estimate of drug-likeness (QED) is 0.536. The molecule has 0 aliphatic carbocycles. The van der Waals surface area contributed by atoms with E-state index in [9.17, 15) is 18.0 Å². The normalized spacial score (nSPS) is 13.8. The van der Waals surface area contributed by atoms with Gasteiger partial charge in [-0.05, 0) is 31.0 Å². The fourth-order valence-electron chi connectivity index (χ4n) is 1.07. The topological polar surface area (TPSA) is 26.3 Å². The van der Waals surface area contributed by atoms with Gasteiger partial charge >= 0.3 is 6.18 Å². The first-order valence-corrected chi connectivity index (χ1v) is 9.03. The molecule has 6 heteroatoms. The van der Waals surface area contributed by atoms with Crippen molar-refractivity contribution in [1.82, 2.24) is 0 Å². The van der Waals surface area contributed by atoms with Gasteiger partial charge in [-0.15, -0.1) is 0 Å². The summed E-state index contributed by atoms with van der Waals surface area (Å²) in [6.45, 7) is 10.9. The number of carbonyl (C=O) groups excluding carboxylic acids is 1. The van der Waals surface area contributed by atoms with Crippen LogP contribution in [0.25, 0.3) is 0 Å². The van der Waals surface area contributed by atoms with Crippen LogP contribution in [0.2, 0.25) is 18.1 Å². The monoisotopic (exact) mass is 284 g/mol. The number of halogens is 3. The minimum absolute atomic E-state index is 0.0921. The van der Waals surface area contributed by atoms with Gasteiger partial charge in [-0.25, -0.2) is 0 Å². The van der Waals surface area contributed by atoms with Crippen LogP contribution in [0.5, 0.6) is 0 Å². The maximum Gasteiger partial charge on any atom is 0.449 e. The van der Waals surface area contributed by atoms with Gasteiger partial charge in [-0.2, -0.15) is 13.2 Å². The summed E-state index contributed by atoms with van der Waals surface area (Å²) in [5, 5.41) is 0.0921. The molecule has 0 saturated heterocycles. The van der Waals surface area contributed by atoms with E-state index in [0.29, 0.717) is 13.0 Å². The van der Waals surface area contributed by atoms with Crippen LogP contribution < -0.4 is 0 Å². The van der Waals surface area contributed by atoms with Crippen molar-refractivity contribution in [2.75, 3.05) is 6.61 Å². The molecule has 0 amide bonds. The maximum absolute atomic E-state index is 11.9. The zero-order valence-electron chi connectivity index (χ0n) is 11.8. The summed E-state index contributed by atoms with van der Waals surface area (Å²) in [5.74, 6) is -1.64. The van der Waals surface area contributed by atoms with E-state index in [4.69, 9.17) is 4.43 Å². The van der Waals surface area contributed by atoms with Gasteiger partial charge < -0.3 is 4.43 Å². The predicted octanol–water partition coefficient (Wildman–Crippen LogP) is 4.31. The number of unbranched alkanes of at least 4 members (excludes halogenated alkanes) is 1. The number of Topliss-reactive ketones (excluding diaryl/α,β-unsaturated/α-hetero) is 1. The second-order valence-corrected chi connectivity index (χ2v) is 10.8. The van der Waals surface area contributed by atoms with Gasteiger partial charge in [-0.3, -0.25) is 4.79 Å². The summed E-state index contributed by atoms with van der Waals surface area (Å²) in [6, 6.07) is 0. The van der Waals surface area contributed by atoms with E-state index in [1.807, 2.05) is 0 Å². The Morgan fingerprint density at radius 1 is 1.11 bits per heavy atom. The largest absolute Gasteiger partial charge is 0.449 e. The van der Waals surface area contributed by atoms with Gasteiger partial charge in [0.05, 0.1) is 0 Å². The molecule has 0 fully saturated rings. The van der Waals surface area contributed by atoms with Crippen LogP contribution in [0.1, 0.15) is 40.0 Å². The standard InChI is InChI=1S/C12H23F3O2Si/c1-11(2,3)18(4,5)17-9-7-6-8-10(16)12(13,14)15/h6-9H2,1-5H3. The first-order chi connectivity index (χ1) is 7.88. The van der Waals surface area contributed by atoms with Gasteiger partial charge in [0, 0.05) is 13.0 Å². The Bertz CT molecular complexity index is 280. The predicted molar refractivity (Wildman–Crippen MR) is 68.1 cm³/mol. The Labute approximate surface area is 108 Å². The maximum atomic E-state index is 11.9. The number of ketones is 1. The molecule has 0 aliphatic heterocycles. The summed E-state index contributed by atoms with van der Waals surface area (Å²) in [5.41, 5.74) is 0. The fraction of sp³-hybridized carbons (Fsp3) is 0.917. The fourth-order valence-corrected chi connectivity index (χ4v) is 2.16. The molecule has 0 aliphatic rings. The first-order valence-electron chi connectivity index (χ1n) is 6.12. The van der Waals surface area contributed by atoms with Crippen molar-refractivity contribution in [2.45, 2.75) is 64.3 Å². The van der Waals surface area contributed by atoms with Crippen molar-refractivity contribution in [3.05, 3.63) is 0 Å². The molecule has 0 spiro atoms. The lowest BCUT2D eigenvalue weighted by atomic mass is 10.2. The smallest absolute Gasteiger partial charge is 0.417 e. The number of carbonyl (C=O) groups is 1. The number of hydrogen-bond donors (Lipinski definition) is 0. The zero-order valence-corrected chi connectivity index (χ0v) is 12.8. The molecule has 0 rings (SSSR count). The summed E-state index contributed by atoms with van der Waals surface area (Å²) in [4.78, 5) is 10.6. The molecular formula is C12H23F3O2Si. The molecule has 0 heterocycles. The van der Waals surface area contributed by atoms with Gasteiger partial charge in [0.1, 0.15) is 0 Å². The molecule has 0 N–H and O–H groups in total. The molecule has 0 aromatic rings. The third-order valence-electron chi connectivity index (χ3n) is 3.38. The van der Waals surface area contributed by atoms with Crippen molar-refractivity contribution in [2.24, 2.45) is 0 Å². The highest BCUT2D eigenvalue weighted by molar-refractivity contribution is 6.74. The van der Waals surface area contributed by atoms with Crippen LogP contribution >= 0.6 is 0 Å². The Morgan fingerprint density at radius 2 is 1.61 bits per heavy atom. The van der Waals surface area contributed by atoms with Crippen LogP contribution in [0, 0.1) is 0 Å². The molecule has 18 heavy (non-hydrogen) atoms. The lowest BCUT2D eigenvalue weighted by Gasteiger charge is -2.36. The highest BCUT2D eigenvalue weighted by Gasteiger charge is 2.38. The van der Waals surface area contributed by atoms with E-state index in [0.717, 1.165) is 0 Å². The second kappa shape index (κ2) is 6.19. The number of rotatable bonds is 6. The minimum Gasteiger partial charge on any atom is -0.417 e. The van der Waals surface area contributed by atoms with E-state index in [2.05, 4.69) is 33.9 Å². The molecule has 108 valence electrons. The molecular weight excluding hydrogens is 261 g/mol. The summed E-state index contributed by atoms with van der Waals surface area (Å²) < 4.78 is 41.6. The molecule has 0 unspecified atom stereocenters. The third-order valence-corrected chi connectivity index (χ3v) is 7.92. The molecule has 0 aromatic heterocycles. The Balaban J connectivity index is 3.86. The van der Waals surface area contributed by atoms with Crippen molar-refractivity contribution in [1.29, 1.82) is 0 Å². The number of hydrogen-bond acceptors (Lipinski definition) is 2. The Morgan fingerprint density at radius 3 is 2.00 bits per heavy atom. The van der Waals surface area contributed by atoms with E-state index in [1.54, 1.807) is 0 Å². The van der Waals surface area contributed by atoms with Crippen molar-refractivity contribution in [3.8, 4) is 0 Å². The summed E-state index contributed by atoms with van der Waals surface area (Å²) in [7, 11) is -1.83. The van der Waals surface area contributed by atoms with E-state index >= 15 is 0 Å². The van der Waals surface area contributed by atoms with Crippen LogP contribution in [-0.4, -0.2) is 26.9 Å².